The minimum Gasteiger partial charge on any atom is -0.391 e. The van der Waals surface area contributed by atoms with Crippen LogP contribution in [0.2, 0.25) is 5.02 Å². The van der Waals surface area contributed by atoms with E-state index in [-0.39, 0.29) is 12.1 Å². The van der Waals surface area contributed by atoms with E-state index in [1.54, 1.807) is 0 Å². The van der Waals surface area contributed by atoms with Gasteiger partial charge in [-0.05, 0) is 31.0 Å². The Bertz CT molecular complexity index is 303. The van der Waals surface area contributed by atoms with E-state index in [0.717, 1.165) is 23.6 Å². The third-order valence-electron chi connectivity index (χ3n) is 2.41. The minimum absolute atomic E-state index is 0.195. The molecule has 1 aliphatic rings. The molecule has 1 saturated carbocycles. The van der Waals surface area contributed by atoms with Crippen LogP contribution in [0.25, 0.3) is 0 Å². The third-order valence-corrected chi connectivity index (χ3v) is 2.65. The van der Waals surface area contributed by atoms with Gasteiger partial charge >= 0.3 is 0 Å². The summed E-state index contributed by atoms with van der Waals surface area (Å²) in [5, 5.41) is 13.3. The van der Waals surface area contributed by atoms with Crippen LogP contribution in [0.5, 0.6) is 0 Å². The van der Waals surface area contributed by atoms with Gasteiger partial charge in [0.1, 0.15) is 0 Å². The van der Waals surface area contributed by atoms with Crippen LogP contribution in [-0.4, -0.2) is 17.3 Å². The first-order valence-corrected chi connectivity index (χ1v) is 4.84. The summed E-state index contributed by atoms with van der Waals surface area (Å²) in [6, 6.07) is 7.77. The Morgan fingerprint density at radius 3 is 2.77 bits per heavy atom. The number of aliphatic hydroxyl groups is 1. The van der Waals surface area contributed by atoms with Crippen LogP contribution in [0.1, 0.15) is 12.8 Å². The molecule has 0 bridgehead atoms. The standard InChI is InChI=1S/C10H12ClNO/c11-7-2-1-3-8(6-7)12-9-4-5-10(9)13/h1-3,6,9-10,12-13H,4-5H2/t9-,10-/m1/s1. The Morgan fingerprint density at radius 2 is 2.23 bits per heavy atom. The highest BCUT2D eigenvalue weighted by atomic mass is 35.5. The Labute approximate surface area is 82.5 Å². The van der Waals surface area contributed by atoms with Crippen molar-refractivity contribution < 1.29 is 5.11 Å². The van der Waals surface area contributed by atoms with Crippen LogP contribution in [0.3, 0.4) is 0 Å². The van der Waals surface area contributed by atoms with Crippen LogP contribution >= 0.6 is 11.6 Å². The molecular weight excluding hydrogens is 186 g/mol. The van der Waals surface area contributed by atoms with Gasteiger partial charge < -0.3 is 10.4 Å². The van der Waals surface area contributed by atoms with E-state index >= 15 is 0 Å². The van der Waals surface area contributed by atoms with Gasteiger partial charge in [-0.25, -0.2) is 0 Å². The molecule has 70 valence electrons. The molecule has 0 aromatic heterocycles. The fourth-order valence-electron chi connectivity index (χ4n) is 1.44. The molecule has 1 aliphatic carbocycles. The zero-order chi connectivity index (χ0) is 9.26. The molecule has 1 aromatic rings. The molecular formula is C10H12ClNO. The molecule has 2 nitrogen and oxygen atoms in total. The van der Waals surface area contributed by atoms with Crippen molar-refractivity contribution in [1.29, 1.82) is 0 Å². The van der Waals surface area contributed by atoms with Crippen LogP contribution < -0.4 is 5.32 Å². The second-order valence-electron chi connectivity index (χ2n) is 3.41. The molecule has 0 aliphatic heterocycles. The number of hydrogen-bond acceptors (Lipinski definition) is 2. The summed E-state index contributed by atoms with van der Waals surface area (Å²) in [5.41, 5.74) is 0.983. The highest BCUT2D eigenvalue weighted by molar-refractivity contribution is 6.30. The molecule has 0 saturated heterocycles. The maximum Gasteiger partial charge on any atom is 0.0741 e. The lowest BCUT2D eigenvalue weighted by Crippen LogP contribution is -2.42. The van der Waals surface area contributed by atoms with E-state index in [1.807, 2.05) is 24.3 Å². The van der Waals surface area contributed by atoms with Crippen LogP contribution in [0, 0.1) is 0 Å². The summed E-state index contributed by atoms with van der Waals surface area (Å²) in [6.07, 6.45) is 1.74. The van der Waals surface area contributed by atoms with Crippen molar-refractivity contribution >= 4 is 17.3 Å². The molecule has 0 spiro atoms. The Kier molecular flexibility index (Phi) is 2.42. The molecule has 0 radical (unpaired) electrons. The van der Waals surface area contributed by atoms with Crippen molar-refractivity contribution in [2.75, 3.05) is 5.32 Å². The minimum atomic E-state index is -0.195. The molecule has 2 rings (SSSR count). The van der Waals surface area contributed by atoms with Gasteiger partial charge in [-0.1, -0.05) is 17.7 Å². The lowest BCUT2D eigenvalue weighted by Gasteiger charge is -2.33. The molecule has 0 unspecified atom stereocenters. The van der Waals surface area contributed by atoms with Crippen molar-refractivity contribution in [3.63, 3.8) is 0 Å². The summed E-state index contributed by atoms with van der Waals surface area (Å²) in [7, 11) is 0. The molecule has 2 N–H and O–H groups in total. The monoisotopic (exact) mass is 197 g/mol. The average molecular weight is 198 g/mol. The molecule has 2 atom stereocenters. The van der Waals surface area contributed by atoms with E-state index in [0.29, 0.717) is 0 Å². The van der Waals surface area contributed by atoms with Crippen molar-refractivity contribution in [1.82, 2.24) is 0 Å². The van der Waals surface area contributed by atoms with Crippen molar-refractivity contribution in [2.45, 2.75) is 25.0 Å². The van der Waals surface area contributed by atoms with Crippen molar-refractivity contribution in [2.24, 2.45) is 0 Å². The van der Waals surface area contributed by atoms with Gasteiger partial charge in [0.15, 0.2) is 0 Å². The highest BCUT2D eigenvalue weighted by Crippen LogP contribution is 2.25. The second-order valence-corrected chi connectivity index (χ2v) is 3.84. The van der Waals surface area contributed by atoms with E-state index in [4.69, 9.17) is 11.6 Å². The average Bonchev–Trinajstić information content (AvgIpc) is 2.12. The Morgan fingerprint density at radius 1 is 1.38 bits per heavy atom. The van der Waals surface area contributed by atoms with E-state index in [9.17, 15) is 5.11 Å². The quantitative estimate of drug-likeness (QED) is 0.763. The predicted octanol–water partition coefficient (Wildman–Crippen LogP) is 2.28. The Balaban J connectivity index is 2.01. The van der Waals surface area contributed by atoms with Crippen LogP contribution in [0.15, 0.2) is 24.3 Å². The number of rotatable bonds is 2. The first-order valence-electron chi connectivity index (χ1n) is 4.46. The molecule has 0 amide bonds. The predicted molar refractivity (Wildman–Crippen MR) is 54.1 cm³/mol. The van der Waals surface area contributed by atoms with Gasteiger partial charge in [-0.3, -0.25) is 0 Å². The van der Waals surface area contributed by atoms with E-state index in [1.165, 1.54) is 0 Å². The van der Waals surface area contributed by atoms with Crippen molar-refractivity contribution in [3.05, 3.63) is 29.3 Å². The zero-order valence-electron chi connectivity index (χ0n) is 7.20. The van der Waals surface area contributed by atoms with Crippen molar-refractivity contribution in [3.8, 4) is 0 Å². The zero-order valence-corrected chi connectivity index (χ0v) is 7.96. The lowest BCUT2D eigenvalue weighted by atomic mass is 9.89. The van der Waals surface area contributed by atoms with E-state index in [2.05, 4.69) is 5.32 Å². The number of benzene rings is 1. The topological polar surface area (TPSA) is 32.3 Å². The maximum atomic E-state index is 9.34. The smallest absolute Gasteiger partial charge is 0.0741 e. The van der Waals surface area contributed by atoms with Gasteiger partial charge in [0.2, 0.25) is 0 Å². The SMILES string of the molecule is O[C@@H]1CC[C@H]1Nc1cccc(Cl)c1. The molecule has 1 fully saturated rings. The van der Waals surface area contributed by atoms with E-state index < -0.39 is 0 Å². The number of anilines is 1. The number of halogens is 1. The number of hydrogen-bond donors (Lipinski definition) is 2. The second kappa shape index (κ2) is 3.56. The summed E-state index contributed by atoms with van der Waals surface area (Å²) < 4.78 is 0. The molecule has 3 heteroatoms. The van der Waals surface area contributed by atoms with Crippen LogP contribution in [-0.2, 0) is 0 Å². The Hall–Kier alpha value is -0.730. The lowest BCUT2D eigenvalue weighted by molar-refractivity contribution is 0.0786. The van der Waals surface area contributed by atoms with Gasteiger partial charge in [-0.15, -0.1) is 0 Å². The normalized spacial score (nSPS) is 26.6. The van der Waals surface area contributed by atoms with Gasteiger partial charge in [0.05, 0.1) is 12.1 Å². The van der Waals surface area contributed by atoms with Crippen LogP contribution in [0.4, 0.5) is 5.69 Å². The van der Waals surface area contributed by atoms with Gasteiger partial charge in [-0.2, -0.15) is 0 Å². The van der Waals surface area contributed by atoms with Gasteiger partial charge in [0.25, 0.3) is 0 Å². The third kappa shape index (κ3) is 1.95. The largest absolute Gasteiger partial charge is 0.391 e. The maximum absolute atomic E-state index is 9.34. The summed E-state index contributed by atoms with van der Waals surface area (Å²) in [4.78, 5) is 0. The summed E-state index contributed by atoms with van der Waals surface area (Å²) >= 11 is 5.82. The fraction of sp³-hybridized carbons (Fsp3) is 0.400. The molecule has 1 aromatic carbocycles. The molecule has 13 heavy (non-hydrogen) atoms. The fourth-order valence-corrected chi connectivity index (χ4v) is 1.63. The molecule has 0 heterocycles. The first-order chi connectivity index (χ1) is 6.25. The highest BCUT2D eigenvalue weighted by Gasteiger charge is 2.28. The number of nitrogens with one attached hydrogen (secondary N) is 1. The summed E-state index contributed by atoms with van der Waals surface area (Å²) in [5.74, 6) is 0. The summed E-state index contributed by atoms with van der Waals surface area (Å²) in [6.45, 7) is 0. The first kappa shape index (κ1) is 8.85. The van der Waals surface area contributed by atoms with Gasteiger partial charge in [0, 0.05) is 10.7 Å². The number of aliphatic hydroxyl groups excluding tert-OH is 1.